The molecule has 24 heavy (non-hydrogen) atoms. The zero-order valence-electron chi connectivity index (χ0n) is 12.2. The molecule has 3 heterocycles. The van der Waals surface area contributed by atoms with E-state index in [1.807, 2.05) is 12.3 Å². The Morgan fingerprint density at radius 1 is 1.46 bits per heavy atom. The van der Waals surface area contributed by atoms with Gasteiger partial charge in [0.2, 0.25) is 0 Å². The van der Waals surface area contributed by atoms with E-state index in [1.165, 1.54) is 5.56 Å². The molecule has 0 unspecified atom stereocenters. The van der Waals surface area contributed by atoms with Gasteiger partial charge in [-0.3, -0.25) is 0 Å². The third-order valence-corrected chi connectivity index (χ3v) is 3.32. The van der Waals surface area contributed by atoms with Crippen molar-refractivity contribution < 1.29 is 27.6 Å². The number of hydrogen-bond donors (Lipinski definition) is 2. The number of nitrogens with zero attached hydrogens (tertiary/aromatic N) is 3. The van der Waals surface area contributed by atoms with Gasteiger partial charge >= 0.3 is 12.1 Å². The van der Waals surface area contributed by atoms with Crippen molar-refractivity contribution in [1.29, 1.82) is 0 Å². The van der Waals surface area contributed by atoms with Gasteiger partial charge in [0.05, 0.1) is 6.20 Å². The van der Waals surface area contributed by atoms with Crippen molar-refractivity contribution in [2.24, 2.45) is 0 Å². The minimum absolute atomic E-state index is 0.482. The number of halogens is 3. The van der Waals surface area contributed by atoms with E-state index in [2.05, 4.69) is 31.6 Å². The van der Waals surface area contributed by atoms with Gasteiger partial charge in [-0.15, -0.1) is 0 Å². The number of carbonyl (C=O) groups is 1. The summed E-state index contributed by atoms with van der Waals surface area (Å²) < 4.78 is 36.9. The minimum atomic E-state index is -5.08. The predicted octanol–water partition coefficient (Wildman–Crippen LogP) is 3.05. The molecule has 0 aliphatic heterocycles. The number of hydrogen-bond acceptors (Lipinski definition) is 6. The van der Waals surface area contributed by atoms with Crippen molar-refractivity contribution in [2.75, 3.05) is 0 Å². The first kappa shape index (κ1) is 17.7. The van der Waals surface area contributed by atoms with Crippen molar-refractivity contribution in [3.05, 3.63) is 40.2 Å². The first-order valence-electron chi connectivity index (χ1n) is 6.41. The number of carboxylic acid groups (broad SMARTS) is 1. The number of aliphatic carboxylic acids is 1. The van der Waals surface area contributed by atoms with Gasteiger partial charge in [0.15, 0.2) is 5.82 Å². The summed E-state index contributed by atoms with van der Waals surface area (Å²) in [5, 5.41) is 15.2. The molecule has 2 N–H and O–H groups in total. The van der Waals surface area contributed by atoms with Crippen molar-refractivity contribution in [2.45, 2.75) is 19.5 Å². The Balaban J connectivity index is 0.000000256. The molecule has 3 aromatic rings. The third-order valence-electron chi connectivity index (χ3n) is 2.59. The van der Waals surface area contributed by atoms with Gasteiger partial charge in [-0.25, -0.2) is 9.78 Å². The summed E-state index contributed by atoms with van der Waals surface area (Å²) in [6.45, 7) is 1.88. The van der Waals surface area contributed by atoms with Crippen LogP contribution in [0.3, 0.4) is 0 Å². The average Bonchev–Trinajstić information content (AvgIpc) is 3.20. The van der Waals surface area contributed by atoms with Crippen LogP contribution in [0.2, 0.25) is 0 Å². The van der Waals surface area contributed by atoms with Crippen molar-refractivity contribution in [3.63, 3.8) is 0 Å². The molecule has 0 fully saturated rings. The molecule has 7 nitrogen and oxygen atoms in total. The third kappa shape index (κ3) is 4.91. The van der Waals surface area contributed by atoms with Crippen LogP contribution in [0.4, 0.5) is 13.2 Å². The molecule has 0 atom stereocenters. The Labute approximate surface area is 137 Å². The van der Waals surface area contributed by atoms with Crippen LogP contribution in [0.1, 0.15) is 17.2 Å². The van der Waals surface area contributed by atoms with Gasteiger partial charge in [0, 0.05) is 6.42 Å². The van der Waals surface area contributed by atoms with Crippen LogP contribution in [-0.4, -0.2) is 37.4 Å². The number of H-pyrrole nitrogens is 1. The Morgan fingerprint density at radius 3 is 2.67 bits per heavy atom. The lowest BCUT2D eigenvalue weighted by atomic mass is 10.2. The average molecular weight is 360 g/mol. The van der Waals surface area contributed by atoms with E-state index in [9.17, 15) is 13.2 Å². The standard InChI is InChI=1S/C11H10N4OS.C2HF3O2/c1-7-12-5-9(13-7)11-14-10(15-16-11)4-8-2-3-17-6-8;3-2(4,5)1(6)7/h2-3,5-6H,4H2,1H3,(H,12,13);(H,6,7). The molecule has 0 aromatic carbocycles. The number of aromatic amines is 1. The highest BCUT2D eigenvalue weighted by Gasteiger charge is 2.38. The number of aromatic nitrogens is 4. The Kier molecular flexibility index (Phi) is 5.34. The van der Waals surface area contributed by atoms with Gasteiger partial charge < -0.3 is 14.6 Å². The molecule has 128 valence electrons. The topological polar surface area (TPSA) is 105 Å². The van der Waals surface area contributed by atoms with Crippen LogP contribution >= 0.6 is 11.3 Å². The van der Waals surface area contributed by atoms with E-state index < -0.39 is 12.1 Å². The first-order chi connectivity index (χ1) is 11.3. The lowest BCUT2D eigenvalue weighted by Crippen LogP contribution is -2.21. The summed E-state index contributed by atoms with van der Waals surface area (Å²) in [5.74, 6) is -0.758. The summed E-state index contributed by atoms with van der Waals surface area (Å²) in [5.41, 5.74) is 1.95. The van der Waals surface area contributed by atoms with Gasteiger partial charge in [-0.05, 0) is 29.3 Å². The smallest absolute Gasteiger partial charge is 0.475 e. The molecule has 0 saturated carbocycles. The maximum Gasteiger partial charge on any atom is 0.490 e. The number of thiophene rings is 1. The molecule has 11 heteroatoms. The SMILES string of the molecule is Cc1ncc(-c2nc(Cc3ccsc3)no2)[nH]1.O=C(O)C(F)(F)F. The molecule has 0 saturated heterocycles. The van der Waals surface area contributed by atoms with Crippen LogP contribution in [0.25, 0.3) is 11.6 Å². The maximum atomic E-state index is 10.6. The lowest BCUT2D eigenvalue weighted by Gasteiger charge is -1.93. The first-order valence-corrected chi connectivity index (χ1v) is 7.35. The molecule has 0 aliphatic rings. The van der Waals surface area contributed by atoms with E-state index in [1.54, 1.807) is 17.5 Å². The maximum absolute atomic E-state index is 10.6. The van der Waals surface area contributed by atoms with E-state index in [0.29, 0.717) is 18.1 Å². The molecule has 0 bridgehead atoms. The second-order valence-electron chi connectivity index (χ2n) is 4.51. The largest absolute Gasteiger partial charge is 0.490 e. The zero-order valence-corrected chi connectivity index (χ0v) is 13.0. The van der Waals surface area contributed by atoms with Crippen molar-refractivity contribution >= 4 is 17.3 Å². The molecular formula is C13H11F3N4O3S. The fraction of sp³-hybridized carbons (Fsp3) is 0.231. The second-order valence-corrected chi connectivity index (χ2v) is 5.29. The summed E-state index contributed by atoms with van der Waals surface area (Å²) in [7, 11) is 0. The summed E-state index contributed by atoms with van der Waals surface area (Å²) >= 11 is 1.66. The highest BCUT2D eigenvalue weighted by Crippen LogP contribution is 2.16. The quantitative estimate of drug-likeness (QED) is 0.744. The second kappa shape index (κ2) is 7.25. The summed E-state index contributed by atoms with van der Waals surface area (Å²) in [4.78, 5) is 20.4. The van der Waals surface area contributed by atoms with E-state index in [4.69, 9.17) is 14.4 Å². The highest BCUT2D eigenvalue weighted by molar-refractivity contribution is 7.07. The number of alkyl halides is 3. The molecule has 0 amide bonds. The Bertz CT molecular complexity index is 796. The Hall–Kier alpha value is -2.69. The number of imidazole rings is 1. The normalized spacial score (nSPS) is 11.0. The number of rotatable bonds is 3. The zero-order chi connectivity index (χ0) is 17.7. The van der Waals surface area contributed by atoms with Crippen molar-refractivity contribution in [1.82, 2.24) is 20.1 Å². The van der Waals surface area contributed by atoms with E-state index >= 15 is 0 Å². The van der Waals surface area contributed by atoms with Crippen LogP contribution in [0, 0.1) is 6.92 Å². The van der Waals surface area contributed by atoms with Gasteiger partial charge in [-0.1, -0.05) is 5.16 Å². The van der Waals surface area contributed by atoms with Gasteiger partial charge in [0.1, 0.15) is 11.5 Å². The van der Waals surface area contributed by atoms with E-state index in [-0.39, 0.29) is 0 Å². The summed E-state index contributed by atoms with van der Waals surface area (Å²) in [6.07, 6.45) is -2.70. The lowest BCUT2D eigenvalue weighted by molar-refractivity contribution is -0.192. The Morgan fingerprint density at radius 2 is 2.17 bits per heavy atom. The molecular weight excluding hydrogens is 349 g/mol. The number of carboxylic acids is 1. The molecule has 0 radical (unpaired) electrons. The molecule has 0 aliphatic carbocycles. The minimum Gasteiger partial charge on any atom is -0.475 e. The summed E-state index contributed by atoms with van der Waals surface area (Å²) in [6, 6.07) is 2.06. The van der Waals surface area contributed by atoms with Gasteiger partial charge in [0.25, 0.3) is 5.89 Å². The van der Waals surface area contributed by atoms with Crippen LogP contribution in [0.5, 0.6) is 0 Å². The van der Waals surface area contributed by atoms with Gasteiger partial charge in [-0.2, -0.15) is 29.5 Å². The fourth-order valence-electron chi connectivity index (χ4n) is 1.54. The monoisotopic (exact) mass is 360 g/mol. The fourth-order valence-corrected chi connectivity index (χ4v) is 2.21. The number of aryl methyl sites for hydroxylation is 1. The molecule has 0 spiro atoms. The van der Waals surface area contributed by atoms with Crippen LogP contribution < -0.4 is 0 Å². The van der Waals surface area contributed by atoms with Crippen LogP contribution in [-0.2, 0) is 11.2 Å². The highest BCUT2D eigenvalue weighted by atomic mass is 32.1. The van der Waals surface area contributed by atoms with Crippen molar-refractivity contribution in [3.8, 4) is 11.6 Å². The predicted molar refractivity (Wildman–Crippen MR) is 77.4 cm³/mol. The number of nitrogens with one attached hydrogen (secondary N) is 1. The van der Waals surface area contributed by atoms with Crippen LogP contribution in [0.15, 0.2) is 27.5 Å². The van der Waals surface area contributed by atoms with E-state index in [0.717, 1.165) is 11.5 Å². The molecule has 3 aromatic heterocycles. The molecule has 3 rings (SSSR count).